The minimum Gasteiger partial charge on any atom is -0.356 e. The van der Waals surface area contributed by atoms with Crippen LogP contribution in [0.4, 0.5) is 4.39 Å². The monoisotopic (exact) mass is 258 g/mol. The number of rotatable bonds is 6. The molecule has 0 aliphatic carbocycles. The number of carbonyl (C=O) groups excluding carboxylic acids is 1. The average Bonchev–Trinajstić information content (AvgIpc) is 2.30. The molecule has 3 nitrogen and oxygen atoms in total. The van der Waals surface area contributed by atoms with Gasteiger partial charge in [0.15, 0.2) is 0 Å². The Kier molecular flexibility index (Phi) is 5.94. The minimum atomic E-state index is -0.449. The van der Waals surface area contributed by atoms with Crippen molar-refractivity contribution in [2.45, 2.75) is 19.3 Å². The fraction of sp³-hybridized carbons (Fsp3) is 0.417. The molecule has 1 rings (SSSR count). The van der Waals surface area contributed by atoms with E-state index in [1.165, 1.54) is 12.1 Å². The van der Waals surface area contributed by atoms with Gasteiger partial charge >= 0.3 is 0 Å². The van der Waals surface area contributed by atoms with Gasteiger partial charge in [-0.3, -0.25) is 4.79 Å². The first-order valence-corrected chi connectivity index (χ1v) is 5.92. The maximum Gasteiger partial charge on any atom is 0.224 e. The highest BCUT2D eigenvalue weighted by molar-refractivity contribution is 6.31. The van der Waals surface area contributed by atoms with E-state index in [4.69, 9.17) is 17.3 Å². The van der Waals surface area contributed by atoms with E-state index in [-0.39, 0.29) is 22.9 Å². The summed E-state index contributed by atoms with van der Waals surface area (Å²) in [6, 6.07) is 4.38. The summed E-state index contributed by atoms with van der Waals surface area (Å²) in [5.41, 5.74) is 5.57. The van der Waals surface area contributed by atoms with Crippen molar-refractivity contribution in [3.63, 3.8) is 0 Å². The zero-order chi connectivity index (χ0) is 12.7. The molecule has 0 heterocycles. The van der Waals surface area contributed by atoms with Gasteiger partial charge in [0.2, 0.25) is 5.91 Å². The SMILES string of the molecule is NCCCCNC(=O)Cc1c(F)cccc1Cl. The number of nitrogens with two attached hydrogens (primary N) is 1. The van der Waals surface area contributed by atoms with Crippen LogP contribution in [0, 0.1) is 5.82 Å². The van der Waals surface area contributed by atoms with Gasteiger partial charge < -0.3 is 11.1 Å². The minimum absolute atomic E-state index is 0.0336. The first kappa shape index (κ1) is 13.9. The molecule has 0 bridgehead atoms. The van der Waals surface area contributed by atoms with Crippen LogP contribution in [0.5, 0.6) is 0 Å². The molecular formula is C12H16ClFN2O. The summed E-state index contributed by atoms with van der Waals surface area (Å²) in [4.78, 5) is 11.5. The van der Waals surface area contributed by atoms with Crippen molar-refractivity contribution in [2.24, 2.45) is 5.73 Å². The number of nitrogens with one attached hydrogen (secondary N) is 1. The van der Waals surface area contributed by atoms with E-state index in [1.807, 2.05) is 0 Å². The highest BCUT2D eigenvalue weighted by Crippen LogP contribution is 2.19. The Balaban J connectivity index is 2.45. The Morgan fingerprint density at radius 3 is 2.82 bits per heavy atom. The van der Waals surface area contributed by atoms with E-state index in [0.29, 0.717) is 13.1 Å². The first-order chi connectivity index (χ1) is 8.15. The fourth-order valence-electron chi connectivity index (χ4n) is 1.42. The molecule has 0 aromatic heterocycles. The Hall–Kier alpha value is -1.13. The second-order valence-electron chi connectivity index (χ2n) is 3.72. The molecule has 0 atom stereocenters. The van der Waals surface area contributed by atoms with E-state index in [9.17, 15) is 9.18 Å². The van der Waals surface area contributed by atoms with Gasteiger partial charge in [-0.25, -0.2) is 4.39 Å². The van der Waals surface area contributed by atoms with Gasteiger partial charge in [0, 0.05) is 17.1 Å². The van der Waals surface area contributed by atoms with E-state index < -0.39 is 5.82 Å². The normalized spacial score (nSPS) is 10.3. The van der Waals surface area contributed by atoms with E-state index in [0.717, 1.165) is 12.8 Å². The molecule has 0 saturated heterocycles. The van der Waals surface area contributed by atoms with Crippen molar-refractivity contribution in [3.05, 3.63) is 34.6 Å². The van der Waals surface area contributed by atoms with Crippen LogP contribution in [0.25, 0.3) is 0 Å². The largest absolute Gasteiger partial charge is 0.356 e. The molecule has 0 aliphatic heterocycles. The van der Waals surface area contributed by atoms with Crippen molar-refractivity contribution in [2.75, 3.05) is 13.1 Å². The lowest BCUT2D eigenvalue weighted by Crippen LogP contribution is -2.26. The summed E-state index contributed by atoms with van der Waals surface area (Å²) in [6.07, 6.45) is 1.65. The first-order valence-electron chi connectivity index (χ1n) is 5.55. The van der Waals surface area contributed by atoms with Gasteiger partial charge in [-0.15, -0.1) is 0 Å². The second kappa shape index (κ2) is 7.25. The summed E-state index contributed by atoms with van der Waals surface area (Å²) >= 11 is 5.82. The van der Waals surface area contributed by atoms with Gasteiger partial charge in [0.05, 0.1) is 6.42 Å². The Labute approximate surface area is 105 Å². The fourth-order valence-corrected chi connectivity index (χ4v) is 1.65. The highest BCUT2D eigenvalue weighted by Gasteiger charge is 2.11. The summed E-state index contributed by atoms with van der Waals surface area (Å²) in [6.45, 7) is 1.16. The van der Waals surface area contributed by atoms with Crippen LogP contribution < -0.4 is 11.1 Å². The van der Waals surface area contributed by atoms with Crippen LogP contribution in [0.1, 0.15) is 18.4 Å². The lowest BCUT2D eigenvalue weighted by molar-refractivity contribution is -0.120. The number of hydrogen-bond acceptors (Lipinski definition) is 2. The quantitative estimate of drug-likeness (QED) is 0.766. The third-order valence-electron chi connectivity index (χ3n) is 2.35. The van der Waals surface area contributed by atoms with Crippen molar-refractivity contribution in [3.8, 4) is 0 Å². The van der Waals surface area contributed by atoms with Crippen LogP contribution in [0.3, 0.4) is 0 Å². The predicted molar refractivity (Wildman–Crippen MR) is 66.4 cm³/mol. The van der Waals surface area contributed by atoms with Crippen LogP contribution in [-0.4, -0.2) is 19.0 Å². The molecule has 5 heteroatoms. The maximum atomic E-state index is 13.4. The maximum absolute atomic E-state index is 13.4. The molecule has 1 amide bonds. The van der Waals surface area contributed by atoms with E-state index >= 15 is 0 Å². The van der Waals surface area contributed by atoms with E-state index in [1.54, 1.807) is 6.07 Å². The van der Waals surface area contributed by atoms with Gasteiger partial charge in [0.1, 0.15) is 5.82 Å². The number of unbranched alkanes of at least 4 members (excludes halogenated alkanes) is 1. The molecule has 1 aromatic rings. The van der Waals surface area contributed by atoms with E-state index in [2.05, 4.69) is 5.32 Å². The topological polar surface area (TPSA) is 55.1 Å². The van der Waals surface area contributed by atoms with Crippen LogP contribution in [0.15, 0.2) is 18.2 Å². The van der Waals surface area contributed by atoms with Crippen molar-refractivity contribution in [1.29, 1.82) is 0 Å². The summed E-state index contributed by atoms with van der Waals surface area (Å²) in [5.74, 6) is -0.677. The highest BCUT2D eigenvalue weighted by atomic mass is 35.5. The van der Waals surface area contributed by atoms with Gasteiger partial charge in [0.25, 0.3) is 0 Å². The number of carbonyl (C=O) groups is 1. The Bertz CT molecular complexity index is 365. The molecule has 94 valence electrons. The second-order valence-corrected chi connectivity index (χ2v) is 4.13. The van der Waals surface area contributed by atoms with Crippen LogP contribution in [-0.2, 0) is 11.2 Å². The molecule has 3 N–H and O–H groups in total. The third-order valence-corrected chi connectivity index (χ3v) is 2.71. The van der Waals surface area contributed by atoms with Gasteiger partial charge in [-0.05, 0) is 31.5 Å². The molecular weight excluding hydrogens is 243 g/mol. The number of amides is 1. The lowest BCUT2D eigenvalue weighted by Gasteiger charge is -2.07. The van der Waals surface area contributed by atoms with Crippen molar-refractivity contribution < 1.29 is 9.18 Å². The number of hydrogen-bond donors (Lipinski definition) is 2. The molecule has 17 heavy (non-hydrogen) atoms. The molecule has 0 spiro atoms. The summed E-state index contributed by atoms with van der Waals surface area (Å²) < 4.78 is 13.4. The summed E-state index contributed by atoms with van der Waals surface area (Å²) in [7, 11) is 0. The van der Waals surface area contributed by atoms with Crippen LogP contribution >= 0.6 is 11.6 Å². The van der Waals surface area contributed by atoms with Gasteiger partial charge in [-0.2, -0.15) is 0 Å². The Morgan fingerprint density at radius 2 is 2.18 bits per heavy atom. The number of benzene rings is 1. The summed E-state index contributed by atoms with van der Waals surface area (Å²) in [5, 5.41) is 2.98. The number of halogens is 2. The molecule has 0 aliphatic rings. The zero-order valence-corrected chi connectivity index (χ0v) is 10.3. The predicted octanol–water partition coefficient (Wildman–Crippen LogP) is 1.88. The van der Waals surface area contributed by atoms with Gasteiger partial charge in [-0.1, -0.05) is 17.7 Å². The lowest BCUT2D eigenvalue weighted by atomic mass is 10.1. The molecule has 0 unspecified atom stereocenters. The average molecular weight is 259 g/mol. The zero-order valence-electron chi connectivity index (χ0n) is 9.51. The molecule has 0 saturated carbocycles. The molecule has 0 radical (unpaired) electrons. The standard InChI is InChI=1S/C12H16ClFN2O/c13-10-4-3-5-11(14)9(10)8-12(17)16-7-2-1-6-15/h3-5H,1-2,6-8,15H2,(H,16,17). The third kappa shape index (κ3) is 4.71. The van der Waals surface area contributed by atoms with Crippen molar-refractivity contribution in [1.82, 2.24) is 5.32 Å². The Morgan fingerprint density at radius 1 is 1.41 bits per heavy atom. The smallest absolute Gasteiger partial charge is 0.224 e. The molecule has 1 aromatic carbocycles. The van der Waals surface area contributed by atoms with Crippen molar-refractivity contribution >= 4 is 17.5 Å². The molecule has 0 fully saturated rings. The van der Waals surface area contributed by atoms with Crippen LogP contribution in [0.2, 0.25) is 5.02 Å².